The van der Waals surface area contributed by atoms with Gasteiger partial charge in [0.25, 0.3) is 0 Å². The molecule has 3 heteroatoms. The van der Waals surface area contributed by atoms with Gasteiger partial charge in [-0.25, -0.2) is 0 Å². The largest absolute Gasteiger partial charge is 0.340 e. The number of rotatable bonds is 4. The first kappa shape index (κ1) is 13.6. The fourth-order valence-electron chi connectivity index (χ4n) is 3.35. The first-order chi connectivity index (χ1) is 9.74. The van der Waals surface area contributed by atoms with Gasteiger partial charge in [0.2, 0.25) is 5.91 Å². The number of carbonyl (C=O) groups excluding carboxylic acids is 1. The third kappa shape index (κ3) is 2.88. The maximum absolute atomic E-state index is 12.3. The molecule has 1 saturated heterocycles. The van der Waals surface area contributed by atoms with Crippen LogP contribution in [0.4, 0.5) is 0 Å². The minimum Gasteiger partial charge on any atom is -0.340 e. The quantitative estimate of drug-likeness (QED) is 0.915. The Balaban J connectivity index is 1.55. The molecule has 1 aromatic rings. The summed E-state index contributed by atoms with van der Waals surface area (Å²) in [6.45, 7) is 1.50. The van der Waals surface area contributed by atoms with Crippen molar-refractivity contribution in [3.8, 4) is 0 Å². The van der Waals surface area contributed by atoms with E-state index in [2.05, 4.69) is 12.1 Å². The summed E-state index contributed by atoms with van der Waals surface area (Å²) in [4.78, 5) is 14.3. The van der Waals surface area contributed by atoms with Gasteiger partial charge in [-0.1, -0.05) is 49.6 Å². The molecule has 3 nitrogen and oxygen atoms in total. The molecular weight excluding hydrogens is 248 g/mol. The summed E-state index contributed by atoms with van der Waals surface area (Å²) in [5.41, 5.74) is 7.50. The Kier molecular flexibility index (Phi) is 4.06. The highest BCUT2D eigenvalue weighted by molar-refractivity contribution is 5.76. The lowest BCUT2D eigenvalue weighted by Gasteiger charge is -2.26. The van der Waals surface area contributed by atoms with E-state index in [0.717, 1.165) is 18.9 Å². The summed E-state index contributed by atoms with van der Waals surface area (Å²) in [5.74, 6) is 1.40. The maximum atomic E-state index is 12.3. The molecule has 1 aliphatic carbocycles. The third-order valence-electron chi connectivity index (χ3n) is 4.94. The average Bonchev–Trinajstić information content (AvgIpc) is 2.80. The predicted octanol–water partition coefficient (Wildman–Crippen LogP) is 2.52. The van der Waals surface area contributed by atoms with Crippen molar-refractivity contribution in [2.75, 3.05) is 13.1 Å². The lowest BCUT2D eigenvalue weighted by molar-refractivity contribution is -0.130. The molecule has 2 N–H and O–H groups in total. The molecule has 0 spiro atoms. The van der Waals surface area contributed by atoms with Gasteiger partial charge >= 0.3 is 0 Å². The predicted molar refractivity (Wildman–Crippen MR) is 80.3 cm³/mol. The van der Waals surface area contributed by atoms with Crippen LogP contribution in [0.5, 0.6) is 0 Å². The van der Waals surface area contributed by atoms with Crippen LogP contribution < -0.4 is 5.73 Å². The molecule has 0 unspecified atom stereocenters. The molecule has 1 aliphatic heterocycles. The molecular formula is C17H24N2O. The van der Waals surface area contributed by atoms with Crippen LogP contribution in [0, 0.1) is 5.92 Å². The Labute approximate surface area is 121 Å². The van der Waals surface area contributed by atoms with Crippen LogP contribution in [-0.4, -0.2) is 29.9 Å². The molecule has 1 amide bonds. The second-order valence-corrected chi connectivity index (χ2v) is 6.32. The van der Waals surface area contributed by atoms with E-state index < -0.39 is 0 Å². The number of hydrogen-bond donors (Lipinski definition) is 1. The van der Waals surface area contributed by atoms with Crippen LogP contribution >= 0.6 is 0 Å². The summed E-state index contributed by atoms with van der Waals surface area (Å²) in [5, 5.41) is 0. The molecule has 0 aromatic heterocycles. The van der Waals surface area contributed by atoms with Crippen LogP contribution in [0.1, 0.15) is 43.6 Å². The second kappa shape index (κ2) is 5.96. The first-order valence-corrected chi connectivity index (χ1v) is 7.82. The van der Waals surface area contributed by atoms with E-state index in [1.807, 2.05) is 23.1 Å². The van der Waals surface area contributed by atoms with Crippen molar-refractivity contribution < 1.29 is 4.79 Å². The van der Waals surface area contributed by atoms with Gasteiger partial charge in [0.05, 0.1) is 0 Å². The highest BCUT2D eigenvalue weighted by Crippen LogP contribution is 2.31. The Morgan fingerprint density at radius 1 is 1.20 bits per heavy atom. The Morgan fingerprint density at radius 3 is 2.60 bits per heavy atom. The van der Waals surface area contributed by atoms with Crippen LogP contribution in [0.15, 0.2) is 30.3 Å². The standard InChI is InChI=1S/C17H24N2O/c18-16-12-19(17(20)10-9-13-5-4-6-13)11-15(16)14-7-2-1-3-8-14/h1-3,7-8,13,15-16H,4-6,9-12,18H2/t15-,16+/m0/s1. The van der Waals surface area contributed by atoms with E-state index in [1.165, 1.54) is 24.8 Å². The molecule has 0 bridgehead atoms. The Bertz CT molecular complexity index is 455. The molecule has 1 heterocycles. The minimum absolute atomic E-state index is 0.0741. The lowest BCUT2D eigenvalue weighted by Crippen LogP contribution is -2.32. The number of nitrogens with zero attached hydrogens (tertiary/aromatic N) is 1. The fourth-order valence-corrected chi connectivity index (χ4v) is 3.35. The van der Waals surface area contributed by atoms with Gasteiger partial charge in [-0.05, 0) is 17.9 Å². The fraction of sp³-hybridized carbons (Fsp3) is 0.588. The molecule has 3 rings (SSSR count). The molecule has 108 valence electrons. The van der Waals surface area contributed by atoms with Crippen LogP contribution in [0.2, 0.25) is 0 Å². The van der Waals surface area contributed by atoms with Crippen molar-refractivity contribution in [3.63, 3.8) is 0 Å². The number of nitrogens with two attached hydrogens (primary N) is 1. The summed E-state index contributed by atoms with van der Waals surface area (Å²) < 4.78 is 0. The number of carbonyl (C=O) groups is 1. The first-order valence-electron chi connectivity index (χ1n) is 7.82. The zero-order valence-electron chi connectivity index (χ0n) is 12.0. The van der Waals surface area contributed by atoms with Gasteiger partial charge in [-0.2, -0.15) is 0 Å². The van der Waals surface area contributed by atoms with Gasteiger partial charge < -0.3 is 10.6 Å². The zero-order chi connectivity index (χ0) is 13.9. The molecule has 1 saturated carbocycles. The van der Waals surface area contributed by atoms with E-state index in [0.29, 0.717) is 24.8 Å². The van der Waals surface area contributed by atoms with Crippen LogP contribution in [-0.2, 0) is 4.79 Å². The molecule has 1 aromatic carbocycles. The number of benzene rings is 1. The molecule has 2 fully saturated rings. The van der Waals surface area contributed by atoms with E-state index in [9.17, 15) is 4.79 Å². The SMILES string of the molecule is N[C@@H]1CN(C(=O)CCC2CCC2)C[C@H]1c1ccccc1. The summed E-state index contributed by atoms with van der Waals surface area (Å²) >= 11 is 0. The van der Waals surface area contributed by atoms with E-state index in [4.69, 9.17) is 5.73 Å². The lowest BCUT2D eigenvalue weighted by atomic mass is 9.82. The molecule has 2 atom stereocenters. The monoisotopic (exact) mass is 272 g/mol. The van der Waals surface area contributed by atoms with E-state index in [-0.39, 0.29) is 6.04 Å². The van der Waals surface area contributed by atoms with Gasteiger partial charge in [-0.3, -0.25) is 4.79 Å². The van der Waals surface area contributed by atoms with E-state index >= 15 is 0 Å². The highest BCUT2D eigenvalue weighted by Gasteiger charge is 2.33. The van der Waals surface area contributed by atoms with Crippen molar-refractivity contribution in [2.45, 2.75) is 44.1 Å². The Morgan fingerprint density at radius 2 is 1.95 bits per heavy atom. The summed E-state index contributed by atoms with van der Waals surface area (Å²) in [6.07, 6.45) is 5.77. The van der Waals surface area contributed by atoms with Gasteiger partial charge in [-0.15, -0.1) is 0 Å². The second-order valence-electron chi connectivity index (χ2n) is 6.32. The van der Waals surface area contributed by atoms with Crippen molar-refractivity contribution in [2.24, 2.45) is 11.7 Å². The number of hydrogen-bond acceptors (Lipinski definition) is 2. The summed E-state index contributed by atoms with van der Waals surface area (Å²) in [7, 11) is 0. The molecule has 20 heavy (non-hydrogen) atoms. The molecule has 0 radical (unpaired) electrons. The topological polar surface area (TPSA) is 46.3 Å². The summed E-state index contributed by atoms with van der Waals surface area (Å²) in [6, 6.07) is 10.4. The van der Waals surface area contributed by atoms with Crippen LogP contribution in [0.3, 0.4) is 0 Å². The number of likely N-dealkylation sites (tertiary alicyclic amines) is 1. The van der Waals surface area contributed by atoms with E-state index in [1.54, 1.807) is 0 Å². The number of amides is 1. The molecule has 2 aliphatic rings. The Hall–Kier alpha value is -1.35. The van der Waals surface area contributed by atoms with Crippen molar-refractivity contribution in [1.82, 2.24) is 4.90 Å². The zero-order valence-corrected chi connectivity index (χ0v) is 12.0. The smallest absolute Gasteiger partial charge is 0.222 e. The van der Waals surface area contributed by atoms with Gasteiger partial charge in [0, 0.05) is 31.5 Å². The van der Waals surface area contributed by atoms with Gasteiger partial charge in [0.15, 0.2) is 0 Å². The normalized spacial score (nSPS) is 26.6. The van der Waals surface area contributed by atoms with Gasteiger partial charge in [0.1, 0.15) is 0 Å². The minimum atomic E-state index is 0.0741. The highest BCUT2D eigenvalue weighted by atomic mass is 16.2. The van der Waals surface area contributed by atoms with Crippen molar-refractivity contribution >= 4 is 5.91 Å². The van der Waals surface area contributed by atoms with Crippen LogP contribution in [0.25, 0.3) is 0 Å². The third-order valence-corrected chi connectivity index (χ3v) is 4.94. The van der Waals surface area contributed by atoms with Crippen molar-refractivity contribution in [1.29, 1.82) is 0 Å². The maximum Gasteiger partial charge on any atom is 0.222 e. The average molecular weight is 272 g/mol. The van der Waals surface area contributed by atoms with Crippen molar-refractivity contribution in [3.05, 3.63) is 35.9 Å².